The molecule has 2 N–H and O–H groups in total. The van der Waals surface area contributed by atoms with Gasteiger partial charge in [0, 0.05) is 21.3 Å². The molecule has 4 aromatic rings. The molecule has 2 aromatic heterocycles. The van der Waals surface area contributed by atoms with Crippen LogP contribution in [0.3, 0.4) is 0 Å². The van der Waals surface area contributed by atoms with Crippen molar-refractivity contribution in [1.29, 1.82) is 0 Å². The maximum Gasteiger partial charge on any atom is 0.255 e. The summed E-state index contributed by atoms with van der Waals surface area (Å²) in [7, 11) is 0. The highest BCUT2D eigenvalue weighted by molar-refractivity contribution is 7.17. The first-order valence-electron chi connectivity index (χ1n) is 6.51. The SMILES string of the molecule is O=C(Nc1ccc2sccc2c1)c1ccc2cn[nH]c2c1. The summed E-state index contributed by atoms with van der Waals surface area (Å²) in [4.78, 5) is 12.3. The van der Waals surface area contributed by atoms with Crippen molar-refractivity contribution in [1.82, 2.24) is 10.2 Å². The van der Waals surface area contributed by atoms with Gasteiger partial charge in [0.25, 0.3) is 5.91 Å². The third-order valence-electron chi connectivity index (χ3n) is 3.41. The van der Waals surface area contributed by atoms with Crippen LogP contribution in [-0.4, -0.2) is 16.1 Å². The zero-order valence-electron chi connectivity index (χ0n) is 11.0. The first-order valence-corrected chi connectivity index (χ1v) is 7.39. The fraction of sp³-hybridized carbons (Fsp3) is 0. The minimum atomic E-state index is -0.124. The number of carbonyl (C=O) groups excluding carboxylic acids is 1. The molecule has 0 unspecified atom stereocenters. The van der Waals surface area contributed by atoms with E-state index in [1.165, 1.54) is 4.70 Å². The molecular weight excluding hydrogens is 282 g/mol. The Bertz CT molecular complexity index is 954. The summed E-state index contributed by atoms with van der Waals surface area (Å²) >= 11 is 1.69. The van der Waals surface area contributed by atoms with Crippen molar-refractivity contribution in [2.24, 2.45) is 0 Å². The standard InChI is InChI=1S/C16H11N3OS/c20-16(11-1-2-12-9-17-19-14(12)8-11)18-13-3-4-15-10(7-13)5-6-21-15/h1-9H,(H,17,19)(H,18,20). The number of thiophene rings is 1. The molecule has 0 atom stereocenters. The molecule has 0 bridgehead atoms. The molecule has 5 heteroatoms. The van der Waals surface area contributed by atoms with E-state index in [9.17, 15) is 4.79 Å². The largest absolute Gasteiger partial charge is 0.322 e. The molecule has 0 saturated carbocycles. The molecule has 0 aliphatic carbocycles. The van der Waals surface area contributed by atoms with Crippen molar-refractivity contribution in [3.05, 3.63) is 59.6 Å². The van der Waals surface area contributed by atoms with Gasteiger partial charge in [-0.25, -0.2) is 0 Å². The average Bonchev–Trinajstić information content (AvgIpc) is 3.14. The van der Waals surface area contributed by atoms with E-state index in [1.807, 2.05) is 35.7 Å². The first kappa shape index (κ1) is 12.1. The van der Waals surface area contributed by atoms with Crippen molar-refractivity contribution >= 4 is 43.9 Å². The lowest BCUT2D eigenvalue weighted by molar-refractivity contribution is 0.102. The van der Waals surface area contributed by atoms with E-state index in [4.69, 9.17) is 0 Å². The fourth-order valence-electron chi connectivity index (χ4n) is 2.33. The number of H-pyrrole nitrogens is 1. The number of aromatic nitrogens is 2. The summed E-state index contributed by atoms with van der Waals surface area (Å²) in [6, 6.07) is 13.5. The van der Waals surface area contributed by atoms with Gasteiger partial charge in [-0.2, -0.15) is 5.10 Å². The number of anilines is 1. The molecule has 1 amide bonds. The third kappa shape index (κ3) is 2.17. The quantitative estimate of drug-likeness (QED) is 0.586. The molecule has 2 aromatic carbocycles. The number of hydrogen-bond donors (Lipinski definition) is 2. The summed E-state index contributed by atoms with van der Waals surface area (Å²) < 4.78 is 1.21. The number of nitrogens with one attached hydrogen (secondary N) is 2. The van der Waals surface area contributed by atoms with Crippen LogP contribution in [0.4, 0.5) is 5.69 Å². The van der Waals surface area contributed by atoms with E-state index in [-0.39, 0.29) is 5.91 Å². The zero-order valence-corrected chi connectivity index (χ0v) is 11.8. The molecule has 4 rings (SSSR count). The van der Waals surface area contributed by atoms with Crippen molar-refractivity contribution in [3.8, 4) is 0 Å². The second-order valence-corrected chi connectivity index (χ2v) is 5.75. The van der Waals surface area contributed by atoms with Crippen LogP contribution in [0.5, 0.6) is 0 Å². The Morgan fingerprint density at radius 1 is 1.10 bits per heavy atom. The van der Waals surface area contributed by atoms with Gasteiger partial charge in [-0.05, 0) is 47.2 Å². The molecule has 102 valence electrons. The average molecular weight is 293 g/mol. The van der Waals surface area contributed by atoms with Crippen LogP contribution in [0.1, 0.15) is 10.4 Å². The number of benzene rings is 2. The maximum absolute atomic E-state index is 12.3. The molecule has 0 radical (unpaired) electrons. The van der Waals surface area contributed by atoms with E-state index < -0.39 is 0 Å². The number of nitrogens with zero attached hydrogens (tertiary/aromatic N) is 1. The van der Waals surface area contributed by atoms with E-state index in [0.29, 0.717) is 5.56 Å². The Labute approximate surface area is 124 Å². The normalized spacial score (nSPS) is 11.0. The predicted octanol–water partition coefficient (Wildman–Crippen LogP) is 4.03. The lowest BCUT2D eigenvalue weighted by atomic mass is 10.1. The van der Waals surface area contributed by atoms with Crippen LogP contribution in [0.25, 0.3) is 21.0 Å². The predicted molar refractivity (Wildman–Crippen MR) is 85.9 cm³/mol. The molecule has 21 heavy (non-hydrogen) atoms. The second kappa shape index (κ2) is 4.71. The highest BCUT2D eigenvalue weighted by atomic mass is 32.1. The van der Waals surface area contributed by atoms with Crippen molar-refractivity contribution in [2.75, 3.05) is 5.32 Å². The monoisotopic (exact) mass is 293 g/mol. The minimum absolute atomic E-state index is 0.124. The molecule has 0 aliphatic rings. The van der Waals surface area contributed by atoms with E-state index in [0.717, 1.165) is 22.0 Å². The summed E-state index contributed by atoms with van der Waals surface area (Å²) in [5, 5.41) is 13.9. The Morgan fingerprint density at radius 2 is 2.05 bits per heavy atom. The van der Waals surface area contributed by atoms with Gasteiger partial charge in [-0.15, -0.1) is 11.3 Å². The fourth-order valence-corrected chi connectivity index (χ4v) is 3.10. The number of aromatic amines is 1. The van der Waals surface area contributed by atoms with Crippen molar-refractivity contribution in [3.63, 3.8) is 0 Å². The number of amides is 1. The zero-order chi connectivity index (χ0) is 14.2. The van der Waals surface area contributed by atoms with Gasteiger partial charge in [0.1, 0.15) is 0 Å². The minimum Gasteiger partial charge on any atom is -0.322 e. The topological polar surface area (TPSA) is 57.8 Å². The lowest BCUT2D eigenvalue weighted by Gasteiger charge is -2.05. The molecule has 4 nitrogen and oxygen atoms in total. The number of rotatable bonds is 2. The van der Waals surface area contributed by atoms with Gasteiger partial charge in [0.05, 0.1) is 11.7 Å². The summed E-state index contributed by atoms with van der Waals surface area (Å²) in [5.41, 5.74) is 2.27. The lowest BCUT2D eigenvalue weighted by Crippen LogP contribution is -2.11. The van der Waals surface area contributed by atoms with Gasteiger partial charge < -0.3 is 5.32 Å². The number of carbonyl (C=O) groups is 1. The smallest absolute Gasteiger partial charge is 0.255 e. The highest BCUT2D eigenvalue weighted by Gasteiger charge is 2.08. The Hall–Kier alpha value is -2.66. The van der Waals surface area contributed by atoms with Crippen LogP contribution < -0.4 is 5.32 Å². The van der Waals surface area contributed by atoms with E-state index >= 15 is 0 Å². The Balaban J connectivity index is 1.64. The summed E-state index contributed by atoms with van der Waals surface area (Å²) in [5.74, 6) is -0.124. The van der Waals surface area contributed by atoms with Crippen molar-refractivity contribution < 1.29 is 4.79 Å². The van der Waals surface area contributed by atoms with Crippen LogP contribution in [0.15, 0.2) is 54.0 Å². The number of hydrogen-bond acceptors (Lipinski definition) is 3. The molecule has 0 spiro atoms. The van der Waals surface area contributed by atoms with Gasteiger partial charge >= 0.3 is 0 Å². The van der Waals surface area contributed by atoms with Gasteiger partial charge in [-0.3, -0.25) is 9.89 Å². The number of fused-ring (bicyclic) bond motifs is 2. The summed E-state index contributed by atoms with van der Waals surface area (Å²) in [6.45, 7) is 0. The van der Waals surface area contributed by atoms with E-state index in [2.05, 4.69) is 15.5 Å². The van der Waals surface area contributed by atoms with Crippen molar-refractivity contribution in [2.45, 2.75) is 0 Å². The third-order valence-corrected chi connectivity index (χ3v) is 4.31. The van der Waals surface area contributed by atoms with Gasteiger partial charge in [0.15, 0.2) is 0 Å². The van der Waals surface area contributed by atoms with Gasteiger partial charge in [0.2, 0.25) is 0 Å². The Kier molecular flexibility index (Phi) is 2.72. The molecule has 0 saturated heterocycles. The molecule has 0 fully saturated rings. The maximum atomic E-state index is 12.3. The Morgan fingerprint density at radius 3 is 3.00 bits per heavy atom. The van der Waals surface area contributed by atoms with Crippen LogP contribution >= 0.6 is 11.3 Å². The summed E-state index contributed by atoms with van der Waals surface area (Å²) in [6.07, 6.45) is 1.74. The first-order chi connectivity index (χ1) is 10.3. The molecular formula is C16H11N3OS. The molecule has 0 aliphatic heterocycles. The second-order valence-electron chi connectivity index (χ2n) is 4.80. The van der Waals surface area contributed by atoms with Gasteiger partial charge in [-0.1, -0.05) is 6.07 Å². The highest BCUT2D eigenvalue weighted by Crippen LogP contribution is 2.24. The van der Waals surface area contributed by atoms with E-state index in [1.54, 1.807) is 29.7 Å². The molecule has 2 heterocycles. The van der Waals surface area contributed by atoms with Crippen LogP contribution in [0, 0.1) is 0 Å². The van der Waals surface area contributed by atoms with Crippen LogP contribution in [-0.2, 0) is 0 Å². The van der Waals surface area contributed by atoms with Crippen LogP contribution in [0.2, 0.25) is 0 Å².